The summed E-state index contributed by atoms with van der Waals surface area (Å²) in [6.07, 6.45) is 0.805. The van der Waals surface area contributed by atoms with Gasteiger partial charge in [-0.2, -0.15) is 0 Å². The lowest BCUT2D eigenvalue weighted by atomic mass is 9.74. The Balaban J connectivity index is 3.09. The number of rotatable bonds is 8. The van der Waals surface area contributed by atoms with E-state index in [1.807, 2.05) is 13.0 Å². The lowest BCUT2D eigenvalue weighted by molar-refractivity contribution is -0.160. The molecule has 0 bridgehead atoms. The topological polar surface area (TPSA) is 60.4 Å². The Bertz CT molecular complexity index is 507. The first-order valence-corrected chi connectivity index (χ1v) is 7.24. The summed E-state index contributed by atoms with van der Waals surface area (Å²) in [4.78, 5) is 36.7. The Kier molecular flexibility index (Phi) is 6.28. The molecule has 0 fully saturated rings. The molecular formula is C17H22O4. The normalized spacial score (nSPS) is 13.3. The maximum absolute atomic E-state index is 12.4. The fourth-order valence-corrected chi connectivity index (χ4v) is 2.40. The fourth-order valence-electron chi connectivity index (χ4n) is 2.40. The molecule has 0 N–H and O–H groups in total. The van der Waals surface area contributed by atoms with Gasteiger partial charge in [-0.25, -0.2) is 0 Å². The molecule has 21 heavy (non-hydrogen) atoms. The van der Waals surface area contributed by atoms with E-state index in [9.17, 15) is 14.4 Å². The summed E-state index contributed by atoms with van der Waals surface area (Å²) < 4.78 is 5.05. The maximum atomic E-state index is 12.4. The molecule has 1 aromatic carbocycles. The summed E-state index contributed by atoms with van der Waals surface area (Å²) in [6, 6.07) is 8.70. The van der Waals surface area contributed by atoms with Gasteiger partial charge < -0.3 is 4.74 Å². The van der Waals surface area contributed by atoms with Gasteiger partial charge in [0, 0.05) is 12.0 Å². The monoisotopic (exact) mass is 290 g/mol. The van der Waals surface area contributed by atoms with Crippen LogP contribution in [0.2, 0.25) is 0 Å². The third-order valence-corrected chi connectivity index (χ3v) is 3.57. The minimum Gasteiger partial charge on any atom is -0.465 e. The van der Waals surface area contributed by atoms with Crippen LogP contribution in [0.5, 0.6) is 0 Å². The highest BCUT2D eigenvalue weighted by atomic mass is 16.5. The number of ketones is 2. The van der Waals surface area contributed by atoms with Gasteiger partial charge in [0.25, 0.3) is 0 Å². The van der Waals surface area contributed by atoms with E-state index in [0.29, 0.717) is 18.4 Å². The van der Waals surface area contributed by atoms with E-state index in [-0.39, 0.29) is 24.6 Å². The molecule has 1 aromatic rings. The van der Waals surface area contributed by atoms with Crippen molar-refractivity contribution in [1.82, 2.24) is 0 Å². The summed E-state index contributed by atoms with van der Waals surface area (Å²) in [6.45, 7) is 5.11. The van der Waals surface area contributed by atoms with Gasteiger partial charge in [0.2, 0.25) is 0 Å². The van der Waals surface area contributed by atoms with Crippen LogP contribution in [-0.4, -0.2) is 24.1 Å². The molecule has 0 aliphatic rings. The van der Waals surface area contributed by atoms with Crippen molar-refractivity contribution in [3.8, 4) is 0 Å². The number of Topliss-reactive ketones (excluding diaryl/α,β-unsaturated/α-hetero) is 2. The number of carbonyl (C=O) groups is 3. The molecule has 0 saturated carbocycles. The van der Waals surface area contributed by atoms with Crippen LogP contribution in [0.3, 0.4) is 0 Å². The Morgan fingerprint density at radius 1 is 1.10 bits per heavy atom. The fraction of sp³-hybridized carbons (Fsp3) is 0.471. The van der Waals surface area contributed by atoms with Crippen LogP contribution in [0.25, 0.3) is 0 Å². The van der Waals surface area contributed by atoms with Crippen molar-refractivity contribution in [1.29, 1.82) is 0 Å². The van der Waals surface area contributed by atoms with Gasteiger partial charge in [0.15, 0.2) is 5.78 Å². The summed E-state index contributed by atoms with van der Waals surface area (Å²) in [5.41, 5.74) is -0.860. The van der Waals surface area contributed by atoms with Crippen LogP contribution in [0.1, 0.15) is 50.4 Å². The summed E-state index contributed by atoms with van der Waals surface area (Å²) in [5, 5.41) is 0. The van der Waals surface area contributed by atoms with Gasteiger partial charge in [-0.3, -0.25) is 14.4 Å². The van der Waals surface area contributed by atoms with Crippen molar-refractivity contribution < 1.29 is 19.1 Å². The lowest BCUT2D eigenvalue weighted by Crippen LogP contribution is -2.41. The number of hydrogen-bond donors (Lipinski definition) is 0. The van der Waals surface area contributed by atoms with Gasteiger partial charge in [-0.1, -0.05) is 43.7 Å². The zero-order chi connectivity index (χ0) is 15.9. The van der Waals surface area contributed by atoms with Crippen LogP contribution in [0.4, 0.5) is 0 Å². The lowest BCUT2D eigenvalue weighted by Gasteiger charge is -2.27. The van der Waals surface area contributed by atoms with Crippen molar-refractivity contribution in [2.45, 2.75) is 40.0 Å². The molecule has 0 aliphatic heterocycles. The highest BCUT2D eigenvalue weighted by molar-refractivity contribution is 6.09. The van der Waals surface area contributed by atoms with E-state index in [2.05, 4.69) is 0 Å². The van der Waals surface area contributed by atoms with Crippen LogP contribution in [0.15, 0.2) is 30.3 Å². The zero-order valence-corrected chi connectivity index (χ0v) is 12.8. The molecule has 0 heterocycles. The van der Waals surface area contributed by atoms with Crippen molar-refractivity contribution in [3.05, 3.63) is 35.9 Å². The second kappa shape index (κ2) is 7.72. The Hall–Kier alpha value is -1.97. The van der Waals surface area contributed by atoms with Crippen molar-refractivity contribution in [2.24, 2.45) is 5.41 Å². The summed E-state index contributed by atoms with van der Waals surface area (Å²) >= 11 is 0. The predicted octanol–water partition coefficient (Wildman–Crippen LogP) is 3.20. The molecule has 0 saturated heterocycles. The zero-order valence-electron chi connectivity index (χ0n) is 12.8. The molecule has 1 rings (SSSR count). The minimum absolute atomic E-state index is 0.140. The summed E-state index contributed by atoms with van der Waals surface area (Å²) in [7, 11) is 0. The van der Waals surface area contributed by atoms with Gasteiger partial charge >= 0.3 is 5.97 Å². The van der Waals surface area contributed by atoms with Crippen molar-refractivity contribution in [2.75, 3.05) is 6.61 Å². The number of esters is 1. The van der Waals surface area contributed by atoms with E-state index < -0.39 is 11.4 Å². The molecule has 0 aliphatic carbocycles. The highest BCUT2D eigenvalue weighted by Gasteiger charge is 2.45. The molecular weight excluding hydrogens is 268 g/mol. The van der Waals surface area contributed by atoms with Gasteiger partial charge in [-0.15, -0.1) is 0 Å². The molecule has 1 atom stereocenters. The van der Waals surface area contributed by atoms with Crippen LogP contribution in [0, 0.1) is 5.41 Å². The first kappa shape index (κ1) is 17.1. The van der Waals surface area contributed by atoms with Gasteiger partial charge in [-0.05, 0) is 20.3 Å². The second-order valence-corrected chi connectivity index (χ2v) is 5.07. The molecule has 0 aromatic heterocycles. The smallest absolute Gasteiger partial charge is 0.320 e. The Morgan fingerprint density at radius 3 is 2.19 bits per heavy atom. The van der Waals surface area contributed by atoms with E-state index in [0.717, 1.165) is 0 Å². The van der Waals surface area contributed by atoms with Crippen LogP contribution >= 0.6 is 0 Å². The van der Waals surface area contributed by atoms with E-state index in [4.69, 9.17) is 4.74 Å². The van der Waals surface area contributed by atoms with E-state index >= 15 is 0 Å². The first-order chi connectivity index (χ1) is 9.97. The highest BCUT2D eigenvalue weighted by Crippen LogP contribution is 2.33. The molecule has 4 nitrogen and oxygen atoms in total. The maximum Gasteiger partial charge on any atom is 0.320 e. The number of ether oxygens (including phenoxy) is 1. The molecule has 0 unspecified atom stereocenters. The van der Waals surface area contributed by atoms with Crippen molar-refractivity contribution in [3.63, 3.8) is 0 Å². The Morgan fingerprint density at radius 2 is 1.71 bits per heavy atom. The standard InChI is InChI=1S/C17H22O4/c1-4-11-17(13(3)18,16(20)21-5-2)12-15(19)14-9-7-6-8-10-14/h6-10H,4-5,11-12H2,1-3H3/t17-/m1/s1. The van der Waals surface area contributed by atoms with Crippen LogP contribution < -0.4 is 0 Å². The predicted molar refractivity (Wildman–Crippen MR) is 80.0 cm³/mol. The first-order valence-electron chi connectivity index (χ1n) is 7.24. The molecule has 0 spiro atoms. The number of hydrogen-bond acceptors (Lipinski definition) is 4. The Labute approximate surface area is 125 Å². The van der Waals surface area contributed by atoms with Gasteiger partial charge in [0.05, 0.1) is 6.61 Å². The van der Waals surface area contributed by atoms with Gasteiger partial charge in [0.1, 0.15) is 11.2 Å². The second-order valence-electron chi connectivity index (χ2n) is 5.07. The van der Waals surface area contributed by atoms with Crippen LogP contribution in [-0.2, 0) is 14.3 Å². The molecule has 0 amide bonds. The average Bonchev–Trinajstić information content (AvgIpc) is 2.47. The van der Waals surface area contributed by atoms with Crippen molar-refractivity contribution >= 4 is 17.5 Å². The third-order valence-electron chi connectivity index (χ3n) is 3.57. The SMILES string of the molecule is CCC[C@@](CC(=O)c1ccccc1)(C(C)=O)C(=O)OCC. The number of benzene rings is 1. The molecule has 0 radical (unpaired) electrons. The molecule has 114 valence electrons. The largest absolute Gasteiger partial charge is 0.465 e. The average molecular weight is 290 g/mol. The molecule has 4 heteroatoms. The summed E-state index contributed by atoms with van der Waals surface area (Å²) in [5.74, 6) is -1.12. The third kappa shape index (κ3) is 4.00. The van der Waals surface area contributed by atoms with E-state index in [1.165, 1.54) is 6.92 Å². The van der Waals surface area contributed by atoms with E-state index in [1.54, 1.807) is 31.2 Å². The quantitative estimate of drug-likeness (QED) is 0.419. The number of carbonyl (C=O) groups excluding carboxylic acids is 3. The minimum atomic E-state index is -1.36.